The van der Waals surface area contributed by atoms with Gasteiger partial charge >= 0.3 is 0 Å². The third-order valence-electron chi connectivity index (χ3n) is 1.30. The van der Waals surface area contributed by atoms with Crippen LogP contribution in [0, 0.1) is 0 Å². The maximum atomic E-state index is 3.53. The molecule has 45 valence electrons. The van der Waals surface area contributed by atoms with Gasteiger partial charge in [-0.05, 0) is 11.1 Å². The van der Waals surface area contributed by atoms with Gasteiger partial charge in [0.2, 0.25) is 0 Å². The Morgan fingerprint density at radius 1 is 1.22 bits per heavy atom. The summed E-state index contributed by atoms with van der Waals surface area (Å²) in [4.78, 5) is 0. The van der Waals surface area contributed by atoms with Crippen LogP contribution < -0.4 is 0 Å². The van der Waals surface area contributed by atoms with E-state index in [9.17, 15) is 0 Å². The Bertz CT molecular complexity index is 167. The lowest BCUT2D eigenvalue weighted by Gasteiger charge is -2.01. The predicted octanol–water partition coefficient (Wildman–Crippen LogP) is 1.92. The topological polar surface area (TPSA) is 0 Å². The van der Waals surface area contributed by atoms with Crippen molar-refractivity contribution in [2.24, 2.45) is 0 Å². The summed E-state index contributed by atoms with van der Waals surface area (Å²) in [6, 6.07) is 10.3. The number of hydrogen-bond donors (Lipinski definition) is 0. The van der Waals surface area contributed by atoms with Gasteiger partial charge in [0, 0.05) is 10.2 Å². The molecule has 3 radical (unpaired) electrons. The van der Waals surface area contributed by atoms with Crippen LogP contribution in [0.1, 0.15) is 18.0 Å². The van der Waals surface area contributed by atoms with Crippen LogP contribution in [0.4, 0.5) is 0 Å². The van der Waals surface area contributed by atoms with E-state index in [2.05, 4.69) is 29.3 Å². The summed E-state index contributed by atoms with van der Waals surface area (Å²) in [6.07, 6.45) is 0. The molecule has 0 saturated heterocycles. The Kier molecular flexibility index (Phi) is 2.06. The van der Waals surface area contributed by atoms with Gasteiger partial charge in [-0.15, -0.1) is 0 Å². The average molecular weight is 133 g/mol. The molecule has 1 rings (SSSR count). The van der Waals surface area contributed by atoms with Crippen LogP contribution in [0.5, 0.6) is 0 Å². The fourth-order valence-corrected chi connectivity index (χ4v) is 0.934. The average Bonchev–Trinajstić information content (AvgIpc) is 1.90. The van der Waals surface area contributed by atoms with E-state index >= 15 is 0 Å². The highest BCUT2D eigenvalue weighted by molar-refractivity contribution is 6.12. The Morgan fingerprint density at radius 3 is 2.11 bits per heavy atom. The van der Waals surface area contributed by atoms with Crippen molar-refractivity contribution in [1.82, 2.24) is 0 Å². The van der Waals surface area contributed by atoms with Gasteiger partial charge in [-0.1, -0.05) is 37.3 Å². The molecule has 0 heterocycles. The molecule has 0 bridgehead atoms. The first kappa shape index (κ1) is 6.56. The van der Waals surface area contributed by atoms with Gasteiger partial charge in [-0.2, -0.15) is 0 Å². The van der Waals surface area contributed by atoms with Gasteiger partial charge in [0.05, 0.1) is 0 Å². The van der Waals surface area contributed by atoms with E-state index in [1.165, 1.54) is 5.56 Å². The minimum atomic E-state index is 0.464. The number of rotatable bonds is 1. The van der Waals surface area contributed by atoms with Crippen LogP contribution in [-0.4, -0.2) is 10.2 Å². The minimum absolute atomic E-state index is 0.464. The molecule has 0 aromatic heterocycles. The second-order valence-electron chi connectivity index (χ2n) is 2.13. The zero-order valence-electron chi connectivity index (χ0n) is 5.46. The van der Waals surface area contributed by atoms with E-state index in [0.717, 1.165) is 0 Å². The molecule has 0 fully saturated rings. The molecule has 1 aromatic carbocycles. The van der Waals surface area contributed by atoms with Gasteiger partial charge in [-0.3, -0.25) is 0 Å². The van der Waals surface area contributed by atoms with Crippen molar-refractivity contribution in [3.8, 4) is 0 Å². The van der Waals surface area contributed by atoms with Gasteiger partial charge in [-0.25, -0.2) is 0 Å². The van der Waals surface area contributed by atoms with Crippen LogP contribution in [0.15, 0.2) is 30.3 Å². The molecule has 0 aliphatic rings. The molecule has 0 saturated carbocycles. The third kappa shape index (κ3) is 1.68. The summed E-state index contributed by atoms with van der Waals surface area (Å²) in [6.45, 7) is 2.12. The highest BCUT2D eigenvalue weighted by Gasteiger charge is 1.93. The van der Waals surface area contributed by atoms with Gasteiger partial charge < -0.3 is 0 Å². The standard InChI is InChI=1S/C8H9Si/c1-7(9)8-5-3-2-4-6-8/h2-7H,1H3/t7-/m0/s1. The first-order valence-corrected chi connectivity index (χ1v) is 3.64. The molecule has 1 aromatic rings. The fraction of sp³-hybridized carbons (Fsp3) is 0.250. The number of hydrogen-bond acceptors (Lipinski definition) is 0. The van der Waals surface area contributed by atoms with E-state index in [0.29, 0.717) is 5.54 Å². The Morgan fingerprint density at radius 2 is 1.78 bits per heavy atom. The van der Waals surface area contributed by atoms with E-state index < -0.39 is 0 Å². The summed E-state index contributed by atoms with van der Waals surface area (Å²) in [5, 5.41) is 0. The fourth-order valence-electron chi connectivity index (χ4n) is 0.742. The predicted molar refractivity (Wildman–Crippen MR) is 40.6 cm³/mol. The largest absolute Gasteiger partial charge is 0.0622 e. The summed E-state index contributed by atoms with van der Waals surface area (Å²) in [5.41, 5.74) is 1.79. The minimum Gasteiger partial charge on any atom is -0.0622 e. The molecule has 0 N–H and O–H groups in total. The smallest absolute Gasteiger partial charge is 0.0327 e. The van der Waals surface area contributed by atoms with Crippen LogP contribution >= 0.6 is 0 Å². The van der Waals surface area contributed by atoms with Crippen LogP contribution in [0.25, 0.3) is 0 Å². The Balaban J connectivity index is 2.85. The van der Waals surface area contributed by atoms with Crippen molar-refractivity contribution >= 4 is 10.2 Å². The SMILES string of the molecule is C[C@H]([Si])c1ccccc1. The molecule has 1 atom stereocenters. The van der Waals surface area contributed by atoms with E-state index in [1.54, 1.807) is 0 Å². The van der Waals surface area contributed by atoms with Crippen molar-refractivity contribution in [1.29, 1.82) is 0 Å². The van der Waals surface area contributed by atoms with Crippen LogP contribution in [-0.2, 0) is 0 Å². The molecule has 0 aliphatic heterocycles. The first-order chi connectivity index (χ1) is 4.30. The third-order valence-corrected chi connectivity index (χ3v) is 1.63. The van der Waals surface area contributed by atoms with Gasteiger partial charge in [0.1, 0.15) is 0 Å². The van der Waals surface area contributed by atoms with E-state index in [4.69, 9.17) is 0 Å². The Labute approximate surface area is 59.3 Å². The lowest BCUT2D eigenvalue weighted by atomic mass is 10.2. The van der Waals surface area contributed by atoms with Crippen molar-refractivity contribution in [2.75, 3.05) is 0 Å². The molecule has 0 nitrogen and oxygen atoms in total. The lowest BCUT2D eigenvalue weighted by molar-refractivity contribution is 1.08. The van der Waals surface area contributed by atoms with E-state index in [-0.39, 0.29) is 0 Å². The highest BCUT2D eigenvalue weighted by Crippen LogP contribution is 2.08. The molecular formula is C8H9Si. The molecule has 0 aliphatic carbocycles. The van der Waals surface area contributed by atoms with Crippen LogP contribution in [0.2, 0.25) is 0 Å². The van der Waals surface area contributed by atoms with Crippen molar-refractivity contribution in [3.05, 3.63) is 35.9 Å². The second-order valence-corrected chi connectivity index (χ2v) is 3.00. The normalized spacial score (nSPS) is 13.1. The van der Waals surface area contributed by atoms with Crippen molar-refractivity contribution < 1.29 is 0 Å². The zero-order chi connectivity index (χ0) is 6.69. The molecule has 0 unspecified atom stereocenters. The van der Waals surface area contributed by atoms with Crippen molar-refractivity contribution in [3.63, 3.8) is 0 Å². The van der Waals surface area contributed by atoms with Gasteiger partial charge in [0.25, 0.3) is 0 Å². The zero-order valence-corrected chi connectivity index (χ0v) is 6.46. The van der Waals surface area contributed by atoms with Gasteiger partial charge in [0.15, 0.2) is 0 Å². The van der Waals surface area contributed by atoms with E-state index in [1.807, 2.05) is 18.2 Å². The summed E-state index contributed by atoms with van der Waals surface area (Å²) < 4.78 is 0. The number of benzene rings is 1. The molecule has 0 amide bonds. The highest BCUT2D eigenvalue weighted by atomic mass is 28.1. The molecule has 0 spiro atoms. The molecule has 9 heavy (non-hydrogen) atoms. The molecule has 1 heteroatoms. The van der Waals surface area contributed by atoms with Crippen molar-refractivity contribution in [2.45, 2.75) is 12.5 Å². The maximum absolute atomic E-state index is 3.53. The summed E-state index contributed by atoms with van der Waals surface area (Å²) >= 11 is 0. The molecular weight excluding hydrogens is 124 g/mol. The van der Waals surface area contributed by atoms with Crippen LogP contribution in [0.3, 0.4) is 0 Å². The maximum Gasteiger partial charge on any atom is 0.0327 e. The monoisotopic (exact) mass is 133 g/mol. The second kappa shape index (κ2) is 2.83. The quantitative estimate of drug-likeness (QED) is 0.513. The first-order valence-electron chi connectivity index (χ1n) is 3.07. The lowest BCUT2D eigenvalue weighted by Crippen LogP contribution is -1.89. The Hall–Kier alpha value is -0.563. The summed E-state index contributed by atoms with van der Waals surface area (Å²) in [5.74, 6) is 0. The summed E-state index contributed by atoms with van der Waals surface area (Å²) in [7, 11) is 3.53.